The van der Waals surface area contributed by atoms with E-state index in [1.807, 2.05) is 45.0 Å². The summed E-state index contributed by atoms with van der Waals surface area (Å²) >= 11 is 0. The standard InChI is InChI=1S/C18H24N2O3S/c1-5-13(3)19-17(21)11-24(22)10-16-14(4)23-18(20-16)15-8-6-7-12(2)9-15/h6-9,13H,5,10-11H2,1-4H3,(H,19,21)/t13-,24+/m0/s1. The van der Waals surface area contributed by atoms with E-state index in [9.17, 15) is 9.00 Å². The van der Waals surface area contributed by atoms with Crippen LogP contribution >= 0.6 is 0 Å². The van der Waals surface area contributed by atoms with Gasteiger partial charge in [-0.15, -0.1) is 0 Å². The lowest BCUT2D eigenvalue weighted by Gasteiger charge is -2.10. The normalized spacial score (nSPS) is 13.5. The third-order valence-electron chi connectivity index (χ3n) is 3.77. The number of benzene rings is 1. The van der Waals surface area contributed by atoms with E-state index in [0.29, 0.717) is 17.3 Å². The van der Waals surface area contributed by atoms with Crippen LogP contribution < -0.4 is 5.32 Å². The number of carbonyl (C=O) groups excluding carboxylic acids is 1. The van der Waals surface area contributed by atoms with Crippen molar-refractivity contribution in [2.24, 2.45) is 0 Å². The molecule has 0 aliphatic heterocycles. The fourth-order valence-electron chi connectivity index (χ4n) is 2.23. The number of hydrogen-bond donors (Lipinski definition) is 1. The van der Waals surface area contributed by atoms with E-state index < -0.39 is 10.8 Å². The van der Waals surface area contributed by atoms with Crippen LogP contribution in [0.5, 0.6) is 0 Å². The van der Waals surface area contributed by atoms with Gasteiger partial charge in [0, 0.05) is 22.4 Å². The minimum Gasteiger partial charge on any atom is -0.441 e. The molecular formula is C18H24N2O3S. The first-order valence-electron chi connectivity index (χ1n) is 8.06. The Kier molecular flexibility index (Phi) is 6.31. The fraction of sp³-hybridized carbons (Fsp3) is 0.444. The lowest BCUT2D eigenvalue weighted by molar-refractivity contribution is -0.119. The molecule has 1 aromatic carbocycles. The predicted molar refractivity (Wildman–Crippen MR) is 96.0 cm³/mol. The zero-order chi connectivity index (χ0) is 17.7. The summed E-state index contributed by atoms with van der Waals surface area (Å²) in [6, 6.07) is 7.97. The Bertz CT molecular complexity index is 740. The monoisotopic (exact) mass is 348 g/mol. The van der Waals surface area contributed by atoms with E-state index in [2.05, 4.69) is 10.3 Å². The van der Waals surface area contributed by atoms with Crippen LogP contribution in [0.25, 0.3) is 11.5 Å². The van der Waals surface area contributed by atoms with Crippen LogP contribution in [-0.2, 0) is 21.3 Å². The second-order valence-electron chi connectivity index (χ2n) is 6.00. The van der Waals surface area contributed by atoms with Crippen LogP contribution in [0.15, 0.2) is 28.7 Å². The Hall–Kier alpha value is -1.95. The molecule has 2 atom stereocenters. The summed E-state index contributed by atoms with van der Waals surface area (Å²) in [5.41, 5.74) is 2.65. The number of nitrogens with one attached hydrogen (secondary N) is 1. The molecule has 1 amide bonds. The van der Waals surface area contributed by atoms with Crippen molar-refractivity contribution in [3.05, 3.63) is 41.3 Å². The third kappa shape index (κ3) is 5.03. The summed E-state index contributed by atoms with van der Waals surface area (Å²) in [7, 11) is -1.31. The summed E-state index contributed by atoms with van der Waals surface area (Å²) < 4.78 is 17.9. The maximum atomic E-state index is 12.2. The second-order valence-corrected chi connectivity index (χ2v) is 7.45. The number of aromatic nitrogens is 1. The Labute approximate surface area is 145 Å². The average molecular weight is 348 g/mol. The van der Waals surface area contributed by atoms with E-state index >= 15 is 0 Å². The largest absolute Gasteiger partial charge is 0.441 e. The molecule has 0 spiro atoms. The van der Waals surface area contributed by atoms with Crippen molar-refractivity contribution >= 4 is 16.7 Å². The maximum absolute atomic E-state index is 12.2. The van der Waals surface area contributed by atoms with E-state index in [4.69, 9.17) is 4.42 Å². The molecule has 0 bridgehead atoms. The van der Waals surface area contributed by atoms with Crippen LogP contribution in [0.2, 0.25) is 0 Å². The van der Waals surface area contributed by atoms with Crippen molar-refractivity contribution in [1.82, 2.24) is 10.3 Å². The van der Waals surface area contributed by atoms with Gasteiger partial charge in [0.15, 0.2) is 0 Å². The molecule has 0 unspecified atom stereocenters. The number of hydrogen-bond acceptors (Lipinski definition) is 4. The number of carbonyl (C=O) groups is 1. The molecule has 6 heteroatoms. The molecule has 0 aliphatic carbocycles. The lowest BCUT2D eigenvalue weighted by atomic mass is 10.1. The SMILES string of the molecule is CC[C@H](C)NC(=O)C[S@](=O)Cc1nc(-c2cccc(C)c2)oc1C. The highest BCUT2D eigenvalue weighted by Gasteiger charge is 2.16. The number of nitrogens with zero attached hydrogens (tertiary/aromatic N) is 1. The Morgan fingerprint density at radius 2 is 2.12 bits per heavy atom. The Morgan fingerprint density at radius 1 is 1.38 bits per heavy atom. The quantitative estimate of drug-likeness (QED) is 0.834. The van der Waals surface area contributed by atoms with Crippen molar-refractivity contribution < 1.29 is 13.4 Å². The molecule has 5 nitrogen and oxygen atoms in total. The summed E-state index contributed by atoms with van der Waals surface area (Å²) in [4.78, 5) is 16.3. The smallest absolute Gasteiger partial charge is 0.232 e. The molecule has 24 heavy (non-hydrogen) atoms. The van der Waals surface area contributed by atoms with Crippen molar-refractivity contribution in [2.45, 2.75) is 45.9 Å². The van der Waals surface area contributed by atoms with Gasteiger partial charge in [0.1, 0.15) is 11.5 Å². The zero-order valence-corrected chi connectivity index (χ0v) is 15.4. The van der Waals surface area contributed by atoms with Gasteiger partial charge in [-0.1, -0.05) is 24.6 Å². The first-order valence-corrected chi connectivity index (χ1v) is 9.55. The van der Waals surface area contributed by atoms with E-state index in [1.54, 1.807) is 6.92 Å². The summed E-state index contributed by atoms with van der Waals surface area (Å²) in [5, 5.41) is 2.82. The molecule has 2 aromatic rings. The summed E-state index contributed by atoms with van der Waals surface area (Å²) in [6.07, 6.45) is 0.848. The highest BCUT2D eigenvalue weighted by molar-refractivity contribution is 7.84. The van der Waals surface area contributed by atoms with Crippen LogP contribution in [0.1, 0.15) is 37.3 Å². The van der Waals surface area contributed by atoms with Crippen LogP contribution in [0.3, 0.4) is 0 Å². The molecule has 0 saturated heterocycles. The first-order chi connectivity index (χ1) is 11.4. The van der Waals surface area contributed by atoms with E-state index in [1.165, 1.54) is 0 Å². The van der Waals surface area contributed by atoms with Crippen LogP contribution in [-0.4, -0.2) is 26.9 Å². The van der Waals surface area contributed by atoms with Gasteiger partial charge in [-0.2, -0.15) is 0 Å². The van der Waals surface area contributed by atoms with Crippen molar-refractivity contribution in [3.8, 4) is 11.5 Å². The van der Waals surface area contributed by atoms with Gasteiger partial charge < -0.3 is 9.73 Å². The second kappa shape index (κ2) is 8.24. The topological polar surface area (TPSA) is 72.2 Å². The Balaban J connectivity index is 2.03. The molecule has 2 rings (SSSR count). The van der Waals surface area contributed by atoms with Gasteiger partial charge in [-0.3, -0.25) is 9.00 Å². The van der Waals surface area contributed by atoms with Gasteiger partial charge in [0.25, 0.3) is 0 Å². The first kappa shape index (κ1) is 18.4. The zero-order valence-electron chi connectivity index (χ0n) is 14.6. The maximum Gasteiger partial charge on any atom is 0.232 e. The molecule has 0 saturated carbocycles. The van der Waals surface area contributed by atoms with E-state index in [-0.39, 0.29) is 23.5 Å². The molecular weight excluding hydrogens is 324 g/mol. The van der Waals surface area contributed by atoms with Gasteiger partial charge in [-0.25, -0.2) is 4.98 Å². The van der Waals surface area contributed by atoms with Crippen molar-refractivity contribution in [1.29, 1.82) is 0 Å². The minimum absolute atomic E-state index is 0.0174. The van der Waals surface area contributed by atoms with Gasteiger partial charge in [-0.05, 0) is 39.3 Å². The minimum atomic E-state index is -1.31. The highest BCUT2D eigenvalue weighted by atomic mass is 32.2. The van der Waals surface area contributed by atoms with Crippen molar-refractivity contribution in [2.75, 3.05) is 5.75 Å². The predicted octanol–water partition coefficient (Wildman–Crippen LogP) is 3.12. The molecule has 1 aromatic heterocycles. The van der Waals surface area contributed by atoms with Crippen LogP contribution in [0, 0.1) is 13.8 Å². The van der Waals surface area contributed by atoms with Gasteiger partial charge in [0.05, 0.1) is 11.4 Å². The van der Waals surface area contributed by atoms with Crippen LogP contribution in [0.4, 0.5) is 0 Å². The molecule has 1 N–H and O–H groups in total. The third-order valence-corrected chi connectivity index (χ3v) is 4.95. The Morgan fingerprint density at radius 3 is 2.79 bits per heavy atom. The number of rotatable bonds is 7. The number of oxazole rings is 1. The summed E-state index contributed by atoms with van der Waals surface area (Å²) in [6.45, 7) is 7.73. The molecule has 1 heterocycles. The average Bonchev–Trinajstić information content (AvgIpc) is 2.87. The molecule has 0 fully saturated rings. The lowest BCUT2D eigenvalue weighted by Crippen LogP contribution is -2.35. The van der Waals surface area contributed by atoms with Gasteiger partial charge in [0.2, 0.25) is 11.8 Å². The number of aryl methyl sites for hydroxylation is 2. The molecule has 0 aliphatic rings. The number of amides is 1. The van der Waals surface area contributed by atoms with Gasteiger partial charge >= 0.3 is 0 Å². The molecule has 130 valence electrons. The molecule has 0 radical (unpaired) electrons. The van der Waals surface area contributed by atoms with Crippen molar-refractivity contribution in [3.63, 3.8) is 0 Å². The van der Waals surface area contributed by atoms with E-state index in [0.717, 1.165) is 17.5 Å². The fourth-order valence-corrected chi connectivity index (χ4v) is 3.28. The highest BCUT2D eigenvalue weighted by Crippen LogP contribution is 2.23. The summed E-state index contributed by atoms with van der Waals surface area (Å²) in [5.74, 6) is 1.17.